The van der Waals surface area contributed by atoms with Crippen molar-refractivity contribution in [2.24, 2.45) is 5.92 Å². The van der Waals surface area contributed by atoms with Gasteiger partial charge >= 0.3 is 0 Å². The molecule has 40 heavy (non-hydrogen) atoms. The Labute approximate surface area is 237 Å². The molecule has 10 nitrogen and oxygen atoms in total. The highest BCUT2D eigenvalue weighted by molar-refractivity contribution is 6.30. The molecule has 2 N–H and O–H groups in total. The Morgan fingerprint density at radius 2 is 1.90 bits per heavy atom. The molecule has 2 atom stereocenters. The third-order valence-electron chi connectivity index (χ3n) is 8.09. The van der Waals surface area contributed by atoms with E-state index in [1.54, 1.807) is 6.07 Å². The summed E-state index contributed by atoms with van der Waals surface area (Å²) in [6.45, 7) is 4.52. The lowest BCUT2D eigenvalue weighted by molar-refractivity contribution is -0.117. The van der Waals surface area contributed by atoms with Gasteiger partial charge in [-0.05, 0) is 56.0 Å². The molecular weight excluding hydrogens is 526 g/mol. The number of nitrogens with one attached hydrogen (secondary N) is 2. The predicted molar refractivity (Wildman–Crippen MR) is 155 cm³/mol. The van der Waals surface area contributed by atoms with E-state index >= 15 is 0 Å². The molecule has 3 aliphatic rings. The SMILES string of the molecule is CN1CCN(c2cc(C3CC3)nn3cc(CNc4cc(NC(=O)[C@H]5C[C@@H]5c5cccc(Cl)c5)ncn4)nc23)CC1. The summed E-state index contributed by atoms with van der Waals surface area (Å²) in [4.78, 5) is 31.2. The second-order valence-electron chi connectivity index (χ2n) is 11.2. The maximum atomic E-state index is 12.8. The summed E-state index contributed by atoms with van der Waals surface area (Å²) in [6.07, 6.45) is 6.68. The second-order valence-corrected chi connectivity index (χ2v) is 11.6. The molecule has 1 amide bonds. The topological polar surface area (TPSA) is 104 Å². The normalized spacial score (nSPS) is 21.0. The first kappa shape index (κ1) is 25.2. The van der Waals surface area contributed by atoms with Gasteiger partial charge in [0.2, 0.25) is 5.91 Å². The molecule has 1 aliphatic heterocycles. The Bertz CT molecular complexity index is 1560. The number of benzene rings is 1. The van der Waals surface area contributed by atoms with E-state index in [1.165, 1.54) is 24.9 Å². The van der Waals surface area contributed by atoms with Crippen LogP contribution in [0.25, 0.3) is 5.65 Å². The van der Waals surface area contributed by atoms with Crippen LogP contribution >= 0.6 is 11.6 Å². The lowest BCUT2D eigenvalue weighted by Gasteiger charge is -2.34. The van der Waals surface area contributed by atoms with Crippen LogP contribution in [0.3, 0.4) is 0 Å². The standard InChI is InChI=1S/C29H32ClN9O/c1-37-7-9-38(10-8-37)25-13-24(18-5-6-18)36-39-16-21(34-28(25)39)15-31-26-14-27(33-17-32-26)35-29(40)23-12-22(23)19-3-2-4-20(30)11-19/h2-4,11,13-14,16-18,22-23H,5-10,12,15H2,1H3,(H2,31,32,33,35,40)/t22-,23+/m1/s1. The van der Waals surface area contributed by atoms with Crippen LogP contribution in [0.2, 0.25) is 5.02 Å². The zero-order valence-electron chi connectivity index (χ0n) is 22.4. The Balaban J connectivity index is 1.03. The van der Waals surface area contributed by atoms with Crippen LogP contribution in [0.4, 0.5) is 17.3 Å². The molecule has 2 saturated carbocycles. The van der Waals surface area contributed by atoms with Gasteiger partial charge in [-0.3, -0.25) is 4.79 Å². The zero-order valence-corrected chi connectivity index (χ0v) is 23.2. The molecule has 206 valence electrons. The number of imidazole rings is 1. The molecule has 4 aromatic rings. The van der Waals surface area contributed by atoms with Crippen molar-refractivity contribution in [3.05, 3.63) is 70.9 Å². The van der Waals surface area contributed by atoms with Crippen LogP contribution < -0.4 is 15.5 Å². The number of aromatic nitrogens is 5. The van der Waals surface area contributed by atoms with E-state index in [2.05, 4.69) is 43.5 Å². The van der Waals surface area contributed by atoms with Gasteiger partial charge in [0, 0.05) is 49.1 Å². The Morgan fingerprint density at radius 3 is 2.70 bits per heavy atom. The maximum absolute atomic E-state index is 12.8. The van der Waals surface area contributed by atoms with E-state index in [0.717, 1.165) is 55.2 Å². The maximum Gasteiger partial charge on any atom is 0.229 e. The van der Waals surface area contributed by atoms with Gasteiger partial charge in [-0.2, -0.15) is 5.10 Å². The Morgan fingerprint density at radius 1 is 1.07 bits per heavy atom. The fraction of sp³-hybridized carbons (Fsp3) is 0.414. The van der Waals surface area contributed by atoms with Crippen LogP contribution in [-0.2, 0) is 11.3 Å². The number of halogens is 1. The van der Waals surface area contributed by atoms with Gasteiger partial charge < -0.3 is 20.4 Å². The highest BCUT2D eigenvalue weighted by Gasteiger charge is 2.44. The van der Waals surface area contributed by atoms with Gasteiger partial charge in [0.05, 0.1) is 29.8 Å². The quantitative estimate of drug-likeness (QED) is 0.333. The van der Waals surface area contributed by atoms with Crippen molar-refractivity contribution in [1.82, 2.24) is 29.5 Å². The molecule has 0 radical (unpaired) electrons. The Hall–Kier alpha value is -3.76. The van der Waals surface area contributed by atoms with Crippen molar-refractivity contribution in [2.45, 2.75) is 37.6 Å². The van der Waals surface area contributed by atoms with Crippen molar-refractivity contribution in [3.63, 3.8) is 0 Å². The number of likely N-dealkylation sites (N-methyl/N-ethyl adjacent to an activating group) is 1. The lowest BCUT2D eigenvalue weighted by Crippen LogP contribution is -2.44. The minimum atomic E-state index is -0.0784. The molecule has 4 heterocycles. The summed E-state index contributed by atoms with van der Waals surface area (Å²) in [5, 5.41) is 11.9. The van der Waals surface area contributed by atoms with Crippen LogP contribution in [0.5, 0.6) is 0 Å². The minimum Gasteiger partial charge on any atom is -0.366 e. The first-order chi connectivity index (χ1) is 19.5. The van der Waals surface area contributed by atoms with E-state index in [4.69, 9.17) is 21.7 Å². The van der Waals surface area contributed by atoms with Crippen molar-refractivity contribution < 1.29 is 4.79 Å². The van der Waals surface area contributed by atoms with Gasteiger partial charge in [0.25, 0.3) is 0 Å². The number of amides is 1. The smallest absolute Gasteiger partial charge is 0.229 e. The van der Waals surface area contributed by atoms with E-state index in [-0.39, 0.29) is 17.7 Å². The van der Waals surface area contributed by atoms with Gasteiger partial charge in [-0.1, -0.05) is 23.7 Å². The van der Waals surface area contributed by atoms with Crippen molar-refractivity contribution in [2.75, 3.05) is 48.8 Å². The second kappa shape index (κ2) is 10.3. The number of carbonyl (C=O) groups is 1. The van der Waals surface area contributed by atoms with Gasteiger partial charge in [-0.15, -0.1) is 0 Å². The summed E-state index contributed by atoms with van der Waals surface area (Å²) in [5.74, 6) is 1.73. The van der Waals surface area contributed by atoms with Crippen LogP contribution in [0, 0.1) is 5.92 Å². The molecule has 0 unspecified atom stereocenters. The average Bonchev–Trinajstić information content (AvgIpc) is 3.88. The number of rotatable bonds is 8. The summed E-state index contributed by atoms with van der Waals surface area (Å²) in [5.41, 5.74) is 5.18. The van der Waals surface area contributed by atoms with Crippen LogP contribution in [0.1, 0.15) is 48.0 Å². The van der Waals surface area contributed by atoms with E-state index < -0.39 is 0 Å². The highest BCUT2D eigenvalue weighted by atomic mass is 35.5. The molecule has 2 aliphatic carbocycles. The number of hydrogen-bond donors (Lipinski definition) is 2. The summed E-state index contributed by atoms with van der Waals surface area (Å²) < 4.78 is 1.94. The van der Waals surface area contributed by atoms with Gasteiger partial charge in [-0.25, -0.2) is 19.5 Å². The molecule has 1 saturated heterocycles. The van der Waals surface area contributed by atoms with Gasteiger partial charge in [0.15, 0.2) is 5.65 Å². The zero-order chi connectivity index (χ0) is 27.2. The molecule has 3 aromatic heterocycles. The third-order valence-corrected chi connectivity index (χ3v) is 8.32. The number of carbonyl (C=O) groups excluding carboxylic acids is 1. The number of hydrogen-bond acceptors (Lipinski definition) is 8. The number of fused-ring (bicyclic) bond motifs is 1. The Kier molecular flexibility index (Phi) is 6.51. The fourth-order valence-electron chi connectivity index (χ4n) is 5.48. The minimum absolute atomic E-state index is 0.0380. The van der Waals surface area contributed by atoms with Crippen LogP contribution in [0.15, 0.2) is 48.9 Å². The molecule has 1 aromatic carbocycles. The number of anilines is 3. The molecular formula is C29H32ClN9O. The molecule has 7 rings (SSSR count). The highest BCUT2D eigenvalue weighted by Crippen LogP contribution is 2.48. The van der Waals surface area contributed by atoms with E-state index in [9.17, 15) is 4.79 Å². The average molecular weight is 558 g/mol. The van der Waals surface area contributed by atoms with E-state index in [1.807, 2.05) is 35.0 Å². The van der Waals surface area contributed by atoms with Gasteiger partial charge in [0.1, 0.15) is 18.0 Å². The third kappa shape index (κ3) is 5.33. The first-order valence-electron chi connectivity index (χ1n) is 13.9. The predicted octanol–water partition coefficient (Wildman–Crippen LogP) is 4.16. The molecule has 0 bridgehead atoms. The van der Waals surface area contributed by atoms with Crippen molar-refractivity contribution >= 4 is 40.5 Å². The molecule has 3 fully saturated rings. The number of nitrogens with zero attached hydrogens (tertiary/aromatic N) is 7. The van der Waals surface area contributed by atoms with E-state index in [0.29, 0.717) is 29.1 Å². The largest absolute Gasteiger partial charge is 0.366 e. The monoisotopic (exact) mass is 557 g/mol. The fourth-order valence-corrected chi connectivity index (χ4v) is 5.68. The lowest BCUT2D eigenvalue weighted by atomic mass is 10.1. The van der Waals surface area contributed by atoms with Crippen molar-refractivity contribution in [3.8, 4) is 0 Å². The number of piperazine rings is 1. The summed E-state index contributed by atoms with van der Waals surface area (Å²) in [7, 11) is 2.17. The van der Waals surface area contributed by atoms with Crippen LogP contribution in [-0.4, -0.2) is 68.6 Å². The summed E-state index contributed by atoms with van der Waals surface area (Å²) in [6, 6.07) is 11.7. The molecule has 11 heteroatoms. The van der Waals surface area contributed by atoms with Crippen molar-refractivity contribution in [1.29, 1.82) is 0 Å². The summed E-state index contributed by atoms with van der Waals surface area (Å²) >= 11 is 6.12. The molecule has 0 spiro atoms. The first-order valence-corrected chi connectivity index (χ1v) is 14.3.